The lowest BCUT2D eigenvalue weighted by atomic mass is 10.1. The fraction of sp³-hybridized carbons (Fsp3) is 0.217. The zero-order chi connectivity index (χ0) is 19.4. The number of nitrogens with zero attached hydrogens (tertiary/aromatic N) is 1. The lowest BCUT2D eigenvalue weighted by Crippen LogP contribution is -2.17. The molecule has 3 rings (SSSR count). The first kappa shape index (κ1) is 18.6. The largest absolute Gasteiger partial charge is 0.494 e. The molecule has 0 aliphatic rings. The summed E-state index contributed by atoms with van der Waals surface area (Å²) in [4.78, 5) is 17.5. The Balaban J connectivity index is 1.94. The molecule has 0 bridgehead atoms. The van der Waals surface area contributed by atoms with Crippen LogP contribution in [0.4, 0.5) is 5.69 Å². The SMILES string of the molecule is CCOc1cccc(-c2ccc(C)c(C(=O)Nc3c(C)cccc3C)n2)c1. The van der Waals surface area contributed by atoms with E-state index in [-0.39, 0.29) is 5.91 Å². The van der Waals surface area contributed by atoms with Crippen molar-refractivity contribution in [2.75, 3.05) is 11.9 Å². The van der Waals surface area contributed by atoms with E-state index in [1.54, 1.807) is 0 Å². The van der Waals surface area contributed by atoms with Crippen LogP contribution in [0.25, 0.3) is 11.3 Å². The second-order valence-corrected chi connectivity index (χ2v) is 6.54. The first-order valence-corrected chi connectivity index (χ1v) is 9.08. The van der Waals surface area contributed by atoms with E-state index in [1.165, 1.54) is 0 Å². The highest BCUT2D eigenvalue weighted by atomic mass is 16.5. The van der Waals surface area contributed by atoms with Crippen molar-refractivity contribution in [1.29, 1.82) is 0 Å². The van der Waals surface area contributed by atoms with E-state index in [0.717, 1.165) is 39.4 Å². The molecule has 0 spiro atoms. The normalized spacial score (nSPS) is 10.5. The van der Waals surface area contributed by atoms with Crippen molar-refractivity contribution < 1.29 is 9.53 Å². The Labute approximate surface area is 160 Å². The minimum atomic E-state index is -0.201. The number of carbonyl (C=O) groups is 1. The summed E-state index contributed by atoms with van der Waals surface area (Å²) in [6.07, 6.45) is 0. The van der Waals surface area contributed by atoms with Gasteiger partial charge in [0.05, 0.1) is 12.3 Å². The third kappa shape index (κ3) is 4.17. The van der Waals surface area contributed by atoms with Crippen LogP contribution in [0.15, 0.2) is 54.6 Å². The molecule has 27 heavy (non-hydrogen) atoms. The molecule has 1 N–H and O–H groups in total. The van der Waals surface area contributed by atoms with Gasteiger partial charge in [-0.15, -0.1) is 0 Å². The monoisotopic (exact) mass is 360 g/mol. The summed E-state index contributed by atoms with van der Waals surface area (Å²) in [6, 6.07) is 17.5. The number of aryl methyl sites for hydroxylation is 3. The lowest BCUT2D eigenvalue weighted by molar-refractivity contribution is 0.102. The third-order valence-corrected chi connectivity index (χ3v) is 4.47. The van der Waals surface area contributed by atoms with Crippen LogP contribution in [0, 0.1) is 20.8 Å². The van der Waals surface area contributed by atoms with Crippen LogP contribution >= 0.6 is 0 Å². The number of anilines is 1. The fourth-order valence-electron chi connectivity index (χ4n) is 3.02. The average Bonchev–Trinajstić information content (AvgIpc) is 2.65. The molecule has 1 aromatic heterocycles. The van der Waals surface area contributed by atoms with Gasteiger partial charge in [0.15, 0.2) is 0 Å². The number of pyridine rings is 1. The van der Waals surface area contributed by atoms with Gasteiger partial charge in [0.2, 0.25) is 0 Å². The average molecular weight is 360 g/mol. The van der Waals surface area contributed by atoms with E-state index < -0.39 is 0 Å². The number of hydrogen-bond donors (Lipinski definition) is 1. The maximum absolute atomic E-state index is 12.9. The lowest BCUT2D eigenvalue weighted by Gasteiger charge is -2.13. The Kier molecular flexibility index (Phi) is 5.55. The summed E-state index contributed by atoms with van der Waals surface area (Å²) < 4.78 is 5.57. The first-order chi connectivity index (χ1) is 13.0. The zero-order valence-corrected chi connectivity index (χ0v) is 16.2. The van der Waals surface area contributed by atoms with Crippen molar-refractivity contribution >= 4 is 11.6 Å². The maximum atomic E-state index is 12.9. The minimum Gasteiger partial charge on any atom is -0.494 e. The summed E-state index contributed by atoms with van der Waals surface area (Å²) in [5, 5.41) is 3.02. The molecule has 1 amide bonds. The fourth-order valence-corrected chi connectivity index (χ4v) is 3.02. The Hall–Kier alpha value is -3.14. The van der Waals surface area contributed by atoms with Crippen molar-refractivity contribution in [3.63, 3.8) is 0 Å². The molecule has 138 valence electrons. The number of para-hydroxylation sites is 1. The quantitative estimate of drug-likeness (QED) is 0.669. The van der Waals surface area contributed by atoms with Gasteiger partial charge in [0.1, 0.15) is 11.4 Å². The summed E-state index contributed by atoms with van der Waals surface area (Å²) >= 11 is 0. The van der Waals surface area contributed by atoms with Crippen LogP contribution in [-0.4, -0.2) is 17.5 Å². The molecule has 0 aliphatic carbocycles. The molecule has 0 saturated carbocycles. The highest BCUT2D eigenvalue weighted by Gasteiger charge is 2.15. The minimum absolute atomic E-state index is 0.201. The van der Waals surface area contributed by atoms with Crippen LogP contribution in [0.2, 0.25) is 0 Å². The number of ether oxygens (including phenoxy) is 1. The Bertz CT molecular complexity index is 960. The number of amides is 1. The molecule has 2 aromatic carbocycles. The standard InChI is InChI=1S/C23H24N2O2/c1-5-27-19-11-7-10-18(14-19)20-13-12-17(4)22(24-20)23(26)25-21-15(2)8-6-9-16(21)3/h6-14H,5H2,1-4H3,(H,25,26). The smallest absolute Gasteiger partial charge is 0.274 e. The number of nitrogens with one attached hydrogen (secondary N) is 1. The zero-order valence-electron chi connectivity index (χ0n) is 16.2. The van der Waals surface area contributed by atoms with E-state index in [4.69, 9.17) is 4.74 Å². The van der Waals surface area contributed by atoms with Crippen molar-refractivity contribution in [3.8, 4) is 17.0 Å². The number of carbonyl (C=O) groups excluding carboxylic acids is 1. The molecule has 4 heteroatoms. The highest BCUT2D eigenvalue weighted by molar-refractivity contribution is 6.05. The number of rotatable bonds is 5. The summed E-state index contributed by atoms with van der Waals surface area (Å²) in [5.74, 6) is 0.589. The van der Waals surface area contributed by atoms with E-state index in [2.05, 4.69) is 10.3 Å². The first-order valence-electron chi connectivity index (χ1n) is 9.08. The van der Waals surface area contributed by atoms with Gasteiger partial charge in [-0.2, -0.15) is 0 Å². The number of aromatic nitrogens is 1. The molecule has 3 aromatic rings. The van der Waals surface area contributed by atoms with E-state index in [1.807, 2.05) is 82.3 Å². The molecule has 1 heterocycles. The van der Waals surface area contributed by atoms with Crippen molar-refractivity contribution in [2.45, 2.75) is 27.7 Å². The van der Waals surface area contributed by atoms with Gasteiger partial charge in [0, 0.05) is 11.3 Å². The molecule has 0 unspecified atom stereocenters. The Morgan fingerprint density at radius 3 is 2.37 bits per heavy atom. The van der Waals surface area contributed by atoms with Crippen LogP contribution in [0.1, 0.15) is 34.1 Å². The maximum Gasteiger partial charge on any atom is 0.274 e. The number of hydrogen-bond acceptors (Lipinski definition) is 3. The Morgan fingerprint density at radius 1 is 0.963 bits per heavy atom. The van der Waals surface area contributed by atoms with E-state index >= 15 is 0 Å². The van der Waals surface area contributed by atoms with Gasteiger partial charge in [-0.25, -0.2) is 4.98 Å². The van der Waals surface area contributed by atoms with Crippen molar-refractivity contribution in [1.82, 2.24) is 4.98 Å². The summed E-state index contributed by atoms with van der Waals surface area (Å²) in [7, 11) is 0. The topological polar surface area (TPSA) is 51.2 Å². The highest BCUT2D eigenvalue weighted by Crippen LogP contribution is 2.25. The van der Waals surface area contributed by atoms with E-state index in [9.17, 15) is 4.79 Å². The molecule has 0 fully saturated rings. The van der Waals surface area contributed by atoms with Crippen molar-refractivity contribution in [2.24, 2.45) is 0 Å². The predicted molar refractivity (Wildman–Crippen MR) is 109 cm³/mol. The van der Waals surface area contributed by atoms with Gasteiger partial charge in [-0.1, -0.05) is 36.4 Å². The van der Waals surface area contributed by atoms with Crippen molar-refractivity contribution in [3.05, 3.63) is 77.0 Å². The Morgan fingerprint density at radius 2 is 1.67 bits per heavy atom. The van der Waals surface area contributed by atoms with Crippen LogP contribution in [0.5, 0.6) is 5.75 Å². The van der Waals surface area contributed by atoms with Gasteiger partial charge >= 0.3 is 0 Å². The third-order valence-electron chi connectivity index (χ3n) is 4.47. The molecule has 4 nitrogen and oxygen atoms in total. The van der Waals surface area contributed by atoms with Crippen LogP contribution in [-0.2, 0) is 0 Å². The molecular formula is C23H24N2O2. The predicted octanol–water partition coefficient (Wildman–Crippen LogP) is 5.32. The van der Waals surface area contributed by atoms with Gasteiger partial charge < -0.3 is 10.1 Å². The molecule has 0 saturated heterocycles. The van der Waals surface area contributed by atoms with E-state index in [0.29, 0.717) is 12.3 Å². The van der Waals surface area contributed by atoms with Gasteiger partial charge in [0.25, 0.3) is 5.91 Å². The van der Waals surface area contributed by atoms with Gasteiger partial charge in [-0.05, 0) is 62.6 Å². The molecule has 0 radical (unpaired) electrons. The summed E-state index contributed by atoms with van der Waals surface area (Å²) in [6.45, 7) is 8.42. The van der Waals surface area contributed by atoms with Crippen LogP contribution < -0.4 is 10.1 Å². The molecular weight excluding hydrogens is 336 g/mol. The van der Waals surface area contributed by atoms with Gasteiger partial charge in [-0.3, -0.25) is 4.79 Å². The second-order valence-electron chi connectivity index (χ2n) is 6.54. The molecule has 0 atom stereocenters. The number of benzene rings is 2. The molecule has 0 aliphatic heterocycles. The summed E-state index contributed by atoms with van der Waals surface area (Å²) in [5.41, 5.74) is 5.83. The van der Waals surface area contributed by atoms with Crippen LogP contribution in [0.3, 0.4) is 0 Å². The second kappa shape index (κ2) is 8.04.